The van der Waals surface area contributed by atoms with Crippen LogP contribution in [0.2, 0.25) is 0 Å². The van der Waals surface area contributed by atoms with Crippen LogP contribution in [0.4, 0.5) is 5.69 Å². The molecule has 1 amide bonds. The molecule has 0 saturated heterocycles. The second-order valence-electron chi connectivity index (χ2n) is 4.31. The largest absolute Gasteiger partial charge is 0.504 e. The van der Waals surface area contributed by atoms with E-state index in [0.717, 1.165) is 0 Å². The van der Waals surface area contributed by atoms with E-state index in [2.05, 4.69) is 10.6 Å². The molecule has 0 spiro atoms. The van der Waals surface area contributed by atoms with Gasteiger partial charge in [0.15, 0.2) is 11.5 Å². The molecular weight excluding hydrogens is 244 g/mol. The fraction of sp³-hybridized carbons (Fsp3) is 0.0714. The Kier molecular flexibility index (Phi) is 2.52. The predicted octanol–water partition coefficient (Wildman–Crippen LogP) is 1.95. The Morgan fingerprint density at radius 1 is 0.947 bits per heavy atom. The van der Waals surface area contributed by atoms with Crippen LogP contribution in [0.5, 0.6) is 11.5 Å². The molecule has 1 atom stereocenters. The van der Waals surface area contributed by atoms with Crippen LogP contribution >= 0.6 is 0 Å². The van der Waals surface area contributed by atoms with Crippen LogP contribution in [-0.2, 0) is 0 Å². The quantitative estimate of drug-likeness (QED) is 0.588. The van der Waals surface area contributed by atoms with Crippen molar-refractivity contribution >= 4 is 11.6 Å². The monoisotopic (exact) mass is 256 g/mol. The fourth-order valence-corrected chi connectivity index (χ4v) is 2.14. The molecule has 0 aromatic heterocycles. The van der Waals surface area contributed by atoms with Gasteiger partial charge >= 0.3 is 0 Å². The highest BCUT2D eigenvalue weighted by Gasteiger charge is 2.26. The van der Waals surface area contributed by atoms with Gasteiger partial charge in [-0.25, -0.2) is 0 Å². The third-order valence-electron chi connectivity index (χ3n) is 3.10. The van der Waals surface area contributed by atoms with E-state index >= 15 is 0 Å². The number of phenols is 2. The number of phenolic OH excluding ortho intramolecular Hbond substituents is 2. The average molecular weight is 256 g/mol. The smallest absolute Gasteiger partial charge is 0.255 e. The molecule has 0 fully saturated rings. The Hall–Kier alpha value is -2.69. The lowest BCUT2D eigenvalue weighted by Crippen LogP contribution is -2.38. The molecular formula is C14H12N2O3. The first kappa shape index (κ1) is 11.4. The van der Waals surface area contributed by atoms with Gasteiger partial charge in [0.25, 0.3) is 5.91 Å². The van der Waals surface area contributed by atoms with Crippen LogP contribution in [0.3, 0.4) is 0 Å². The molecule has 1 aliphatic rings. The van der Waals surface area contributed by atoms with E-state index in [-0.39, 0.29) is 17.4 Å². The number of carbonyl (C=O) groups is 1. The maximum absolute atomic E-state index is 12.0. The van der Waals surface area contributed by atoms with E-state index in [1.54, 1.807) is 30.3 Å². The summed E-state index contributed by atoms with van der Waals surface area (Å²) in [7, 11) is 0. The van der Waals surface area contributed by atoms with E-state index < -0.39 is 6.17 Å². The number of para-hydroxylation sites is 2. The lowest BCUT2D eigenvalue weighted by atomic mass is 10.0. The number of amides is 1. The lowest BCUT2D eigenvalue weighted by Gasteiger charge is -2.28. The summed E-state index contributed by atoms with van der Waals surface area (Å²) in [4.78, 5) is 12.0. The molecule has 0 aliphatic carbocycles. The summed E-state index contributed by atoms with van der Waals surface area (Å²) < 4.78 is 0. The molecule has 5 heteroatoms. The van der Waals surface area contributed by atoms with Crippen molar-refractivity contribution < 1.29 is 15.0 Å². The minimum Gasteiger partial charge on any atom is -0.504 e. The molecule has 2 aromatic carbocycles. The minimum atomic E-state index is -0.575. The molecule has 0 saturated carbocycles. The summed E-state index contributed by atoms with van der Waals surface area (Å²) >= 11 is 0. The van der Waals surface area contributed by atoms with Crippen molar-refractivity contribution in [2.45, 2.75) is 6.17 Å². The normalized spacial score (nSPS) is 17.3. The first-order valence-electron chi connectivity index (χ1n) is 5.84. The summed E-state index contributed by atoms with van der Waals surface area (Å²) in [5.41, 5.74) is 1.67. The second-order valence-corrected chi connectivity index (χ2v) is 4.31. The van der Waals surface area contributed by atoms with Gasteiger partial charge in [-0.05, 0) is 18.2 Å². The van der Waals surface area contributed by atoms with Gasteiger partial charge in [0.05, 0.1) is 5.56 Å². The van der Waals surface area contributed by atoms with E-state index in [1.807, 2.05) is 6.07 Å². The standard InChI is InChI=1S/C14H12N2O3/c17-11-7-3-5-9(12(11)18)13-15-10-6-2-1-4-8(10)14(19)16-13/h1-7,13,15,17-18H,(H,16,19). The van der Waals surface area contributed by atoms with Gasteiger partial charge in [-0.2, -0.15) is 0 Å². The van der Waals surface area contributed by atoms with Crippen LogP contribution in [0.1, 0.15) is 22.1 Å². The van der Waals surface area contributed by atoms with Crippen molar-refractivity contribution in [1.29, 1.82) is 0 Å². The molecule has 1 unspecified atom stereocenters. The molecule has 0 bridgehead atoms. The van der Waals surface area contributed by atoms with Crippen LogP contribution < -0.4 is 10.6 Å². The second kappa shape index (κ2) is 4.20. The van der Waals surface area contributed by atoms with Gasteiger partial charge in [-0.1, -0.05) is 24.3 Å². The van der Waals surface area contributed by atoms with Crippen molar-refractivity contribution in [3.05, 3.63) is 53.6 Å². The first-order valence-corrected chi connectivity index (χ1v) is 5.84. The summed E-state index contributed by atoms with van der Waals surface area (Å²) in [6, 6.07) is 11.8. The van der Waals surface area contributed by atoms with Crippen LogP contribution in [0.15, 0.2) is 42.5 Å². The maximum atomic E-state index is 12.0. The van der Waals surface area contributed by atoms with Gasteiger partial charge in [0.2, 0.25) is 0 Å². The van der Waals surface area contributed by atoms with Crippen LogP contribution in [0, 0.1) is 0 Å². The number of benzene rings is 2. The molecule has 5 nitrogen and oxygen atoms in total. The number of aromatic hydroxyl groups is 2. The van der Waals surface area contributed by atoms with Crippen molar-refractivity contribution in [2.75, 3.05) is 5.32 Å². The number of hydrogen-bond acceptors (Lipinski definition) is 4. The molecule has 19 heavy (non-hydrogen) atoms. The van der Waals surface area contributed by atoms with E-state index in [9.17, 15) is 15.0 Å². The summed E-state index contributed by atoms with van der Waals surface area (Å²) in [5, 5.41) is 25.2. The number of fused-ring (bicyclic) bond motifs is 1. The highest BCUT2D eigenvalue weighted by atomic mass is 16.3. The summed E-state index contributed by atoms with van der Waals surface area (Å²) in [5.74, 6) is -0.672. The third kappa shape index (κ3) is 1.85. The number of rotatable bonds is 1. The molecule has 2 aromatic rings. The van der Waals surface area contributed by atoms with E-state index in [1.165, 1.54) is 6.07 Å². The zero-order valence-corrected chi connectivity index (χ0v) is 9.92. The zero-order chi connectivity index (χ0) is 13.4. The van der Waals surface area contributed by atoms with Gasteiger partial charge in [-0.15, -0.1) is 0 Å². The Morgan fingerprint density at radius 2 is 1.74 bits per heavy atom. The Labute approximate surface area is 109 Å². The average Bonchev–Trinajstić information content (AvgIpc) is 2.42. The highest BCUT2D eigenvalue weighted by molar-refractivity contribution is 6.01. The number of carbonyl (C=O) groups excluding carboxylic acids is 1. The van der Waals surface area contributed by atoms with E-state index in [0.29, 0.717) is 16.8 Å². The number of anilines is 1. The van der Waals surface area contributed by atoms with Crippen molar-refractivity contribution in [2.24, 2.45) is 0 Å². The third-order valence-corrected chi connectivity index (χ3v) is 3.10. The van der Waals surface area contributed by atoms with Crippen molar-refractivity contribution in [3.63, 3.8) is 0 Å². The molecule has 3 rings (SSSR count). The minimum absolute atomic E-state index is 0.215. The number of nitrogens with one attached hydrogen (secondary N) is 2. The van der Waals surface area contributed by atoms with Crippen LogP contribution in [0.25, 0.3) is 0 Å². The predicted molar refractivity (Wildman–Crippen MR) is 70.0 cm³/mol. The van der Waals surface area contributed by atoms with Gasteiger partial charge < -0.3 is 20.8 Å². The summed E-state index contributed by atoms with van der Waals surface area (Å²) in [6.45, 7) is 0. The molecule has 1 heterocycles. The summed E-state index contributed by atoms with van der Waals surface area (Å²) in [6.07, 6.45) is -0.575. The lowest BCUT2D eigenvalue weighted by molar-refractivity contribution is 0.0935. The maximum Gasteiger partial charge on any atom is 0.255 e. The molecule has 96 valence electrons. The van der Waals surface area contributed by atoms with Crippen molar-refractivity contribution in [3.8, 4) is 11.5 Å². The topological polar surface area (TPSA) is 81.6 Å². The first-order chi connectivity index (χ1) is 9.16. The Bertz CT molecular complexity index is 655. The van der Waals surface area contributed by atoms with Gasteiger partial charge in [-0.3, -0.25) is 4.79 Å². The van der Waals surface area contributed by atoms with Gasteiger partial charge in [0, 0.05) is 11.3 Å². The van der Waals surface area contributed by atoms with Crippen molar-refractivity contribution in [1.82, 2.24) is 5.32 Å². The molecule has 0 radical (unpaired) electrons. The highest BCUT2D eigenvalue weighted by Crippen LogP contribution is 2.35. The van der Waals surface area contributed by atoms with Crippen LogP contribution in [-0.4, -0.2) is 16.1 Å². The molecule has 4 N–H and O–H groups in total. The fourth-order valence-electron chi connectivity index (χ4n) is 2.14. The van der Waals surface area contributed by atoms with E-state index in [4.69, 9.17) is 0 Å². The SMILES string of the molecule is O=C1NC(c2cccc(O)c2O)Nc2ccccc21. The Balaban J connectivity index is 2.02. The molecule has 1 aliphatic heterocycles. The van der Waals surface area contributed by atoms with Gasteiger partial charge in [0.1, 0.15) is 6.17 Å². The zero-order valence-electron chi connectivity index (χ0n) is 9.92. The number of hydrogen-bond donors (Lipinski definition) is 4. The Morgan fingerprint density at radius 3 is 2.58 bits per heavy atom.